The molecule has 0 atom stereocenters. The molecule has 2 heterocycles. The molecule has 1 aliphatic carbocycles. The van der Waals surface area contributed by atoms with E-state index < -0.39 is 0 Å². The summed E-state index contributed by atoms with van der Waals surface area (Å²) in [4.78, 5) is 8.56. The summed E-state index contributed by atoms with van der Waals surface area (Å²) in [6.45, 7) is 0. The highest BCUT2D eigenvalue weighted by atomic mass is 35.5. The van der Waals surface area contributed by atoms with E-state index in [1.807, 2.05) is 12.1 Å². The fourth-order valence-corrected chi connectivity index (χ4v) is 2.57. The Morgan fingerprint density at radius 2 is 2.16 bits per heavy atom. The Morgan fingerprint density at radius 3 is 2.96 bits per heavy atom. The van der Waals surface area contributed by atoms with Gasteiger partial charge < -0.3 is 10.6 Å². The van der Waals surface area contributed by atoms with Crippen LogP contribution in [0.1, 0.15) is 34.3 Å². The Balaban J connectivity index is 0.00000131. The molecule has 1 fully saturated rings. The van der Waals surface area contributed by atoms with Crippen LogP contribution >= 0.6 is 11.6 Å². The van der Waals surface area contributed by atoms with Gasteiger partial charge in [-0.05, 0) is 31.0 Å². The predicted octanol–water partition coefficient (Wildman–Crippen LogP) is 4.83. The van der Waals surface area contributed by atoms with Gasteiger partial charge in [0.1, 0.15) is 5.02 Å². The number of benzene rings is 1. The highest BCUT2D eigenvalue weighted by molar-refractivity contribution is 6.32. The summed E-state index contributed by atoms with van der Waals surface area (Å²) in [5, 5.41) is 22.8. The Kier molecular flexibility index (Phi) is 3.96. The van der Waals surface area contributed by atoms with Gasteiger partial charge in [0.15, 0.2) is 11.6 Å². The highest BCUT2D eigenvalue weighted by Crippen LogP contribution is 2.39. The molecule has 0 spiro atoms. The van der Waals surface area contributed by atoms with Gasteiger partial charge in [-0.1, -0.05) is 17.7 Å². The molecular formula is C17H20ClN7. The van der Waals surface area contributed by atoms with Crippen LogP contribution in [0.15, 0.2) is 36.5 Å². The van der Waals surface area contributed by atoms with E-state index in [0.29, 0.717) is 34.1 Å². The lowest BCUT2D eigenvalue weighted by molar-refractivity contribution is 0.966. The number of hydrogen-bond donors (Lipinski definition) is 3. The molecule has 1 aromatic carbocycles. The fourth-order valence-electron chi connectivity index (χ4n) is 2.44. The number of nitrogens with zero attached hydrogens (tertiary/aromatic N) is 4. The molecule has 0 bridgehead atoms. The number of nitriles is 1. The van der Waals surface area contributed by atoms with Gasteiger partial charge in [0.25, 0.3) is 0 Å². The number of aromatic nitrogens is 4. The van der Waals surface area contributed by atoms with E-state index in [-0.39, 0.29) is 4.28 Å². The molecular weight excluding hydrogens is 338 g/mol. The number of aromatic amines is 1. The normalized spacial score (nSPS) is 13.3. The summed E-state index contributed by atoms with van der Waals surface area (Å²) >= 11 is 6.18. The zero-order chi connectivity index (χ0) is 17.2. The van der Waals surface area contributed by atoms with Gasteiger partial charge in [-0.25, -0.2) is 4.98 Å². The molecule has 7 nitrogen and oxygen atoms in total. The Bertz CT molecular complexity index is 969. The molecule has 0 saturated heterocycles. The number of hydrogen-bond acceptors (Lipinski definition) is 6. The van der Waals surface area contributed by atoms with Gasteiger partial charge in [-0.15, -0.1) is 0 Å². The number of halogens is 1. The predicted molar refractivity (Wildman–Crippen MR) is 102 cm³/mol. The Morgan fingerprint density at radius 1 is 1.28 bits per heavy atom. The van der Waals surface area contributed by atoms with E-state index in [1.165, 1.54) is 19.0 Å². The first kappa shape index (κ1) is 15.4. The van der Waals surface area contributed by atoms with Crippen molar-refractivity contribution in [1.29, 1.82) is 5.26 Å². The van der Waals surface area contributed by atoms with Crippen molar-refractivity contribution in [1.82, 2.24) is 20.2 Å². The second-order valence-electron chi connectivity index (χ2n) is 5.82. The summed E-state index contributed by atoms with van der Waals surface area (Å²) in [5.74, 6) is 2.10. The average molecular weight is 358 g/mol. The molecule has 0 aliphatic heterocycles. The molecule has 130 valence electrons. The maximum absolute atomic E-state index is 8.97. The monoisotopic (exact) mass is 357 g/mol. The molecule has 25 heavy (non-hydrogen) atoms. The van der Waals surface area contributed by atoms with Crippen LogP contribution in [0.25, 0.3) is 0 Å². The Hall–Kier alpha value is -3.11. The maximum atomic E-state index is 8.97. The maximum Gasteiger partial charge on any atom is 0.229 e. The molecule has 2 aromatic heterocycles. The smallest absolute Gasteiger partial charge is 0.229 e. The van der Waals surface area contributed by atoms with E-state index in [2.05, 4.69) is 36.9 Å². The van der Waals surface area contributed by atoms with Gasteiger partial charge in [0.05, 0.1) is 17.8 Å². The topological polar surface area (TPSA) is 102 Å². The number of H-pyrrole nitrogens is 1. The van der Waals surface area contributed by atoms with E-state index >= 15 is 0 Å². The largest absolute Gasteiger partial charge is 0.324 e. The average Bonchev–Trinajstić information content (AvgIpc) is 3.38. The quantitative estimate of drug-likeness (QED) is 0.604. The third-order valence-electron chi connectivity index (χ3n) is 3.85. The van der Waals surface area contributed by atoms with Crippen molar-refractivity contribution in [3.63, 3.8) is 0 Å². The summed E-state index contributed by atoms with van der Waals surface area (Å²) in [5.41, 5.74) is 2.41. The van der Waals surface area contributed by atoms with Gasteiger partial charge in [0, 0.05) is 27.6 Å². The molecule has 0 unspecified atom stereocenters. The van der Waals surface area contributed by atoms with Gasteiger partial charge in [-0.2, -0.15) is 15.3 Å². The van der Waals surface area contributed by atoms with Crippen molar-refractivity contribution in [3.8, 4) is 6.07 Å². The van der Waals surface area contributed by atoms with Crippen molar-refractivity contribution >= 4 is 34.9 Å². The van der Waals surface area contributed by atoms with Crippen molar-refractivity contribution < 1.29 is 4.28 Å². The standard InChI is InChI=1S/C17H14ClN7.3H2/c18-13-9-20-17(21-12-3-1-2-10(6-12)8-19)23-16(13)22-15-7-14(24-25-15)11-4-5-11;;;/h1-3,6-7,9,11H,4-5H2,(H3,20,21,22,23,24,25);3*1H. The minimum atomic E-state index is 0. The summed E-state index contributed by atoms with van der Waals surface area (Å²) in [7, 11) is 0. The molecule has 0 radical (unpaired) electrons. The number of rotatable bonds is 5. The van der Waals surface area contributed by atoms with Crippen LogP contribution in [0.3, 0.4) is 0 Å². The third kappa shape index (κ3) is 3.54. The minimum Gasteiger partial charge on any atom is -0.324 e. The SMILES string of the molecule is N#Cc1cccc(Nc2ncc(Cl)c(Nc3cc(C4CC4)[nH]n3)n2)c1.[HH].[HH].[HH]. The molecule has 1 aliphatic rings. The Labute approximate surface area is 153 Å². The first-order valence-electron chi connectivity index (χ1n) is 7.83. The van der Waals surface area contributed by atoms with Crippen LogP contribution in [0, 0.1) is 11.3 Å². The molecule has 0 amide bonds. The minimum absolute atomic E-state index is 0. The fraction of sp³-hybridized carbons (Fsp3) is 0.176. The van der Waals surface area contributed by atoms with Gasteiger partial charge in [0.2, 0.25) is 5.95 Å². The van der Waals surface area contributed by atoms with Crippen LogP contribution in [0.2, 0.25) is 5.02 Å². The van der Waals surface area contributed by atoms with Crippen LogP contribution in [0.5, 0.6) is 0 Å². The van der Waals surface area contributed by atoms with Crippen LogP contribution in [-0.4, -0.2) is 20.2 Å². The lowest BCUT2D eigenvalue weighted by Gasteiger charge is -2.08. The van der Waals surface area contributed by atoms with Gasteiger partial charge >= 0.3 is 0 Å². The van der Waals surface area contributed by atoms with Crippen LogP contribution < -0.4 is 10.6 Å². The molecule has 3 N–H and O–H groups in total. The second-order valence-corrected chi connectivity index (χ2v) is 6.22. The van der Waals surface area contributed by atoms with E-state index in [9.17, 15) is 0 Å². The zero-order valence-electron chi connectivity index (χ0n) is 13.1. The third-order valence-corrected chi connectivity index (χ3v) is 4.13. The number of nitrogens with one attached hydrogen (secondary N) is 3. The summed E-state index contributed by atoms with van der Waals surface area (Å²) in [6, 6.07) is 11.1. The van der Waals surface area contributed by atoms with Gasteiger partial charge in [-0.3, -0.25) is 5.10 Å². The van der Waals surface area contributed by atoms with Crippen molar-refractivity contribution in [2.45, 2.75) is 18.8 Å². The zero-order valence-corrected chi connectivity index (χ0v) is 13.9. The lowest BCUT2D eigenvalue weighted by Crippen LogP contribution is -2.01. The van der Waals surface area contributed by atoms with Crippen molar-refractivity contribution in [2.24, 2.45) is 0 Å². The summed E-state index contributed by atoms with van der Waals surface area (Å²) in [6.07, 6.45) is 3.92. The van der Waals surface area contributed by atoms with Crippen LogP contribution in [-0.2, 0) is 0 Å². The van der Waals surface area contributed by atoms with Crippen LogP contribution in [0.4, 0.5) is 23.3 Å². The first-order chi connectivity index (χ1) is 12.2. The molecule has 1 saturated carbocycles. The molecule has 3 aromatic rings. The van der Waals surface area contributed by atoms with Crippen molar-refractivity contribution in [2.75, 3.05) is 10.6 Å². The summed E-state index contributed by atoms with van der Waals surface area (Å²) < 4.78 is 0. The highest BCUT2D eigenvalue weighted by Gasteiger charge is 2.25. The lowest BCUT2D eigenvalue weighted by atomic mass is 10.2. The van der Waals surface area contributed by atoms with E-state index in [1.54, 1.807) is 18.2 Å². The number of anilines is 4. The second kappa shape index (κ2) is 6.42. The first-order valence-corrected chi connectivity index (χ1v) is 8.21. The molecule has 4 rings (SSSR count). The van der Waals surface area contributed by atoms with E-state index in [4.69, 9.17) is 16.9 Å². The van der Waals surface area contributed by atoms with E-state index in [0.717, 1.165) is 11.4 Å². The molecule has 8 heteroatoms. The van der Waals surface area contributed by atoms with Crippen molar-refractivity contribution in [3.05, 3.63) is 52.8 Å².